The van der Waals surface area contributed by atoms with Crippen LogP contribution in [0.15, 0.2) is 66.7 Å². The van der Waals surface area contributed by atoms with Gasteiger partial charge in [0.2, 0.25) is 5.91 Å². The predicted octanol–water partition coefficient (Wildman–Crippen LogP) is 3.32. The van der Waals surface area contributed by atoms with Crippen molar-refractivity contribution < 1.29 is 9.59 Å². The number of hydrogen-bond acceptors (Lipinski definition) is 6. The van der Waals surface area contributed by atoms with Crippen molar-refractivity contribution >= 4 is 28.3 Å². The van der Waals surface area contributed by atoms with E-state index < -0.39 is 0 Å². The first-order valence-electron chi connectivity index (χ1n) is 9.63. The minimum Gasteiger partial charge on any atom is -0.356 e. The number of nitrogens with one attached hydrogen (secondary N) is 2. The van der Waals surface area contributed by atoms with Gasteiger partial charge in [-0.3, -0.25) is 19.5 Å². The maximum atomic E-state index is 12.5. The molecular weight excluding hydrogens is 412 g/mol. The number of rotatable bonds is 7. The van der Waals surface area contributed by atoms with E-state index in [2.05, 4.69) is 25.6 Å². The zero-order chi connectivity index (χ0) is 21.6. The monoisotopic (exact) mass is 432 g/mol. The summed E-state index contributed by atoms with van der Waals surface area (Å²) in [4.78, 5) is 36.3. The zero-order valence-electron chi connectivity index (χ0n) is 16.8. The van der Waals surface area contributed by atoms with E-state index in [9.17, 15) is 9.59 Å². The van der Waals surface area contributed by atoms with E-state index in [4.69, 9.17) is 0 Å². The summed E-state index contributed by atoms with van der Waals surface area (Å²) in [6.45, 7) is 2.12. The largest absolute Gasteiger partial charge is 0.356 e. The Morgan fingerprint density at radius 3 is 2.65 bits per heavy atom. The molecule has 0 aliphatic heterocycles. The highest BCUT2D eigenvalue weighted by Gasteiger charge is 2.11. The van der Waals surface area contributed by atoms with E-state index in [1.807, 2.05) is 29.6 Å². The van der Waals surface area contributed by atoms with Crippen LogP contribution in [0.5, 0.6) is 0 Å². The molecule has 156 valence electrons. The highest BCUT2D eigenvalue weighted by atomic mass is 32.1. The summed E-state index contributed by atoms with van der Waals surface area (Å²) in [6, 6.07) is 11.5. The van der Waals surface area contributed by atoms with Crippen molar-refractivity contribution in [3.8, 4) is 17.1 Å². The van der Waals surface area contributed by atoms with Crippen LogP contribution in [-0.2, 0) is 11.2 Å². The molecular formula is C22H20N6O2S. The summed E-state index contributed by atoms with van der Waals surface area (Å²) in [5, 5.41) is 8.04. The molecule has 0 bridgehead atoms. The number of pyridine rings is 1. The molecule has 9 heteroatoms. The molecule has 0 atom stereocenters. The SMILES string of the molecule is CC(=O)NCCc1ccc(-c2csc(NC(=O)c3ccc(-n4ccnc4)nc3)n2)cc1. The Labute approximate surface area is 183 Å². The average Bonchev–Trinajstić information content (AvgIpc) is 3.47. The molecule has 31 heavy (non-hydrogen) atoms. The number of thiazole rings is 1. The molecule has 3 aromatic heterocycles. The molecule has 0 saturated carbocycles. The molecule has 0 aliphatic rings. The minimum atomic E-state index is -0.265. The average molecular weight is 433 g/mol. The summed E-state index contributed by atoms with van der Waals surface area (Å²) in [7, 11) is 0. The standard InChI is InChI=1S/C22H20N6O2S/c1-15(29)24-9-8-16-2-4-17(5-3-16)19-13-31-22(26-19)27-21(30)18-6-7-20(25-12-18)28-11-10-23-14-28/h2-7,10-14H,8-9H2,1H3,(H,24,29)(H,26,27,30). The summed E-state index contributed by atoms with van der Waals surface area (Å²) in [5.41, 5.74) is 3.34. The molecule has 2 N–H and O–H groups in total. The van der Waals surface area contributed by atoms with Gasteiger partial charge in [-0.15, -0.1) is 11.3 Å². The Kier molecular flexibility index (Phi) is 6.13. The van der Waals surface area contributed by atoms with Crippen LogP contribution < -0.4 is 10.6 Å². The van der Waals surface area contributed by atoms with Crippen LogP contribution in [-0.4, -0.2) is 37.9 Å². The Hall–Kier alpha value is -3.85. The molecule has 0 unspecified atom stereocenters. The van der Waals surface area contributed by atoms with Crippen LogP contribution in [0.4, 0.5) is 5.13 Å². The molecule has 0 fully saturated rings. The lowest BCUT2D eigenvalue weighted by Crippen LogP contribution is -2.22. The molecule has 2 amide bonds. The van der Waals surface area contributed by atoms with E-state index >= 15 is 0 Å². The van der Waals surface area contributed by atoms with Gasteiger partial charge in [0.25, 0.3) is 5.91 Å². The quantitative estimate of drug-likeness (QED) is 0.466. The molecule has 3 heterocycles. The molecule has 4 rings (SSSR count). The van der Waals surface area contributed by atoms with E-state index in [0.29, 0.717) is 23.1 Å². The lowest BCUT2D eigenvalue weighted by Gasteiger charge is -2.04. The number of carbonyl (C=O) groups excluding carboxylic acids is 2. The zero-order valence-corrected chi connectivity index (χ0v) is 17.6. The maximum absolute atomic E-state index is 12.5. The van der Waals surface area contributed by atoms with Crippen molar-refractivity contribution in [2.45, 2.75) is 13.3 Å². The van der Waals surface area contributed by atoms with Gasteiger partial charge < -0.3 is 5.32 Å². The van der Waals surface area contributed by atoms with Crippen molar-refractivity contribution in [1.29, 1.82) is 0 Å². The van der Waals surface area contributed by atoms with Crippen molar-refractivity contribution in [3.63, 3.8) is 0 Å². The fourth-order valence-electron chi connectivity index (χ4n) is 2.93. The molecule has 0 radical (unpaired) electrons. The van der Waals surface area contributed by atoms with Crippen LogP contribution in [0.2, 0.25) is 0 Å². The highest BCUT2D eigenvalue weighted by molar-refractivity contribution is 7.14. The molecule has 1 aromatic carbocycles. The number of carbonyl (C=O) groups is 2. The fourth-order valence-corrected chi connectivity index (χ4v) is 3.64. The number of nitrogens with zero attached hydrogens (tertiary/aromatic N) is 4. The van der Waals surface area contributed by atoms with Gasteiger partial charge in [-0.2, -0.15) is 0 Å². The molecule has 4 aromatic rings. The number of hydrogen-bond donors (Lipinski definition) is 2. The lowest BCUT2D eigenvalue weighted by molar-refractivity contribution is -0.118. The number of imidazole rings is 1. The summed E-state index contributed by atoms with van der Waals surface area (Å²) in [6.07, 6.45) is 7.40. The van der Waals surface area contributed by atoms with Gasteiger partial charge in [0.1, 0.15) is 12.1 Å². The van der Waals surface area contributed by atoms with Crippen LogP contribution in [0.1, 0.15) is 22.8 Å². The van der Waals surface area contributed by atoms with Crippen molar-refractivity contribution in [3.05, 3.63) is 77.8 Å². The fraction of sp³-hybridized carbons (Fsp3) is 0.136. The van der Waals surface area contributed by atoms with Gasteiger partial charge in [-0.05, 0) is 24.1 Å². The Bertz CT molecular complexity index is 1170. The van der Waals surface area contributed by atoms with E-state index in [-0.39, 0.29) is 11.8 Å². The van der Waals surface area contributed by atoms with Gasteiger partial charge in [-0.1, -0.05) is 24.3 Å². The van der Waals surface area contributed by atoms with Gasteiger partial charge in [0.05, 0.1) is 11.3 Å². The van der Waals surface area contributed by atoms with Gasteiger partial charge >= 0.3 is 0 Å². The Morgan fingerprint density at radius 1 is 1.13 bits per heavy atom. The minimum absolute atomic E-state index is 0.0291. The Balaban J connectivity index is 1.37. The first-order chi connectivity index (χ1) is 15.1. The van der Waals surface area contributed by atoms with E-state index in [1.54, 1.807) is 35.4 Å². The second-order valence-electron chi connectivity index (χ2n) is 6.80. The molecule has 0 aliphatic carbocycles. The second kappa shape index (κ2) is 9.31. The number of amides is 2. The van der Waals surface area contributed by atoms with Crippen LogP contribution >= 0.6 is 11.3 Å². The third kappa shape index (κ3) is 5.20. The van der Waals surface area contributed by atoms with Crippen molar-refractivity contribution in [2.24, 2.45) is 0 Å². The van der Waals surface area contributed by atoms with Crippen molar-refractivity contribution in [1.82, 2.24) is 24.8 Å². The van der Waals surface area contributed by atoms with Gasteiger partial charge in [0.15, 0.2) is 5.13 Å². The number of aromatic nitrogens is 4. The topological polar surface area (TPSA) is 102 Å². The molecule has 0 spiro atoms. The van der Waals surface area contributed by atoms with Gasteiger partial charge in [0, 0.05) is 43.0 Å². The van der Waals surface area contributed by atoms with Crippen LogP contribution in [0, 0.1) is 0 Å². The third-order valence-corrected chi connectivity index (χ3v) is 5.30. The maximum Gasteiger partial charge on any atom is 0.259 e. The first kappa shape index (κ1) is 20.4. The van der Waals surface area contributed by atoms with E-state index in [1.165, 1.54) is 24.5 Å². The summed E-state index contributed by atoms with van der Waals surface area (Å²) in [5.74, 6) is 0.392. The molecule has 8 nitrogen and oxygen atoms in total. The third-order valence-electron chi connectivity index (χ3n) is 4.54. The van der Waals surface area contributed by atoms with Crippen LogP contribution in [0.3, 0.4) is 0 Å². The van der Waals surface area contributed by atoms with E-state index in [0.717, 1.165) is 23.2 Å². The predicted molar refractivity (Wildman–Crippen MR) is 119 cm³/mol. The highest BCUT2D eigenvalue weighted by Crippen LogP contribution is 2.25. The normalized spacial score (nSPS) is 10.6. The first-order valence-corrected chi connectivity index (χ1v) is 10.5. The van der Waals surface area contributed by atoms with Crippen molar-refractivity contribution in [2.75, 3.05) is 11.9 Å². The summed E-state index contributed by atoms with van der Waals surface area (Å²) < 4.78 is 1.76. The smallest absolute Gasteiger partial charge is 0.259 e. The Morgan fingerprint density at radius 2 is 1.97 bits per heavy atom. The molecule has 0 saturated heterocycles. The van der Waals surface area contributed by atoms with Crippen LogP contribution in [0.25, 0.3) is 17.1 Å². The lowest BCUT2D eigenvalue weighted by atomic mass is 10.1. The summed E-state index contributed by atoms with van der Waals surface area (Å²) >= 11 is 1.37. The number of anilines is 1. The number of benzene rings is 1. The second-order valence-corrected chi connectivity index (χ2v) is 7.66. The van der Waals surface area contributed by atoms with Gasteiger partial charge in [-0.25, -0.2) is 15.0 Å².